The summed E-state index contributed by atoms with van der Waals surface area (Å²) in [5, 5.41) is 0. The lowest BCUT2D eigenvalue weighted by atomic mass is 9.96. The summed E-state index contributed by atoms with van der Waals surface area (Å²) in [6.45, 7) is 7.91. The summed E-state index contributed by atoms with van der Waals surface area (Å²) in [6.07, 6.45) is 5.09. The Kier molecular flexibility index (Phi) is 7.88. The fourth-order valence-electron chi connectivity index (χ4n) is 2.80. The second kappa shape index (κ2) is 9.43. The number of rotatable bonds is 9. The fraction of sp³-hybridized carbons (Fsp3) is 0.611. The van der Waals surface area contributed by atoms with Gasteiger partial charge in [0, 0.05) is 24.7 Å². The normalized spacial score (nSPS) is 10.9. The molecule has 0 atom stereocenters. The van der Waals surface area contributed by atoms with E-state index in [1.54, 1.807) is 0 Å². The van der Waals surface area contributed by atoms with Crippen molar-refractivity contribution in [3.63, 3.8) is 0 Å². The molecule has 0 saturated carbocycles. The van der Waals surface area contributed by atoms with E-state index >= 15 is 0 Å². The Bertz CT molecular complexity index is 425. The van der Waals surface area contributed by atoms with Crippen molar-refractivity contribution in [2.45, 2.75) is 59.4 Å². The highest BCUT2D eigenvalue weighted by molar-refractivity contribution is 5.78. The number of carbonyl (C=O) groups is 1. The van der Waals surface area contributed by atoms with Crippen LogP contribution in [-0.4, -0.2) is 17.4 Å². The maximum absolute atomic E-state index is 12.8. The summed E-state index contributed by atoms with van der Waals surface area (Å²) >= 11 is 0. The van der Waals surface area contributed by atoms with Gasteiger partial charge in [-0.3, -0.25) is 4.79 Å². The van der Waals surface area contributed by atoms with Gasteiger partial charge in [-0.2, -0.15) is 0 Å². The molecule has 0 heterocycles. The first-order chi connectivity index (χ1) is 10.1. The van der Waals surface area contributed by atoms with Crippen LogP contribution in [0.1, 0.15) is 58.4 Å². The molecule has 0 bridgehead atoms. The van der Waals surface area contributed by atoms with Crippen LogP contribution in [0.25, 0.3) is 0 Å². The molecule has 0 fully saturated rings. The van der Waals surface area contributed by atoms with E-state index in [9.17, 15) is 4.79 Å². The molecule has 0 saturated heterocycles. The number of nitrogens with zero attached hydrogens (tertiary/aromatic N) is 1. The predicted octanol–water partition coefficient (Wildman–Crippen LogP) is 4.22. The maximum atomic E-state index is 12.8. The molecule has 1 rings (SSSR count). The number of hydrogen-bond acceptors (Lipinski definition) is 2. The van der Waals surface area contributed by atoms with Gasteiger partial charge in [-0.25, -0.2) is 0 Å². The first kappa shape index (κ1) is 17.5. The van der Waals surface area contributed by atoms with Gasteiger partial charge >= 0.3 is 0 Å². The molecule has 0 aliphatic heterocycles. The van der Waals surface area contributed by atoms with Crippen LogP contribution in [0.3, 0.4) is 0 Å². The molecule has 1 amide bonds. The molecule has 0 aromatic heterocycles. The molecule has 1 aromatic rings. The molecular formula is C18H30N2O. The van der Waals surface area contributed by atoms with Crippen molar-refractivity contribution in [1.82, 2.24) is 4.90 Å². The Morgan fingerprint density at radius 3 is 2.33 bits per heavy atom. The molecule has 3 nitrogen and oxygen atoms in total. The second-order valence-electron chi connectivity index (χ2n) is 5.78. The molecule has 0 aliphatic carbocycles. The van der Waals surface area contributed by atoms with E-state index in [1.165, 1.54) is 0 Å². The highest BCUT2D eigenvalue weighted by Gasteiger charge is 2.22. The van der Waals surface area contributed by atoms with Gasteiger partial charge in [-0.05, 0) is 37.0 Å². The Balaban J connectivity index is 2.81. The average Bonchev–Trinajstić information content (AvgIpc) is 2.46. The third-order valence-corrected chi connectivity index (χ3v) is 3.75. The third-order valence-electron chi connectivity index (χ3n) is 3.75. The summed E-state index contributed by atoms with van der Waals surface area (Å²) in [6, 6.07) is 7.84. The minimum Gasteiger partial charge on any atom is -0.399 e. The van der Waals surface area contributed by atoms with Crippen LogP contribution in [0.5, 0.6) is 0 Å². The smallest absolute Gasteiger partial charge is 0.225 e. The molecule has 21 heavy (non-hydrogen) atoms. The molecule has 118 valence electrons. The van der Waals surface area contributed by atoms with Crippen molar-refractivity contribution < 1.29 is 4.79 Å². The number of benzene rings is 1. The second-order valence-corrected chi connectivity index (χ2v) is 5.78. The summed E-state index contributed by atoms with van der Waals surface area (Å²) < 4.78 is 0. The monoisotopic (exact) mass is 290 g/mol. The average molecular weight is 290 g/mol. The van der Waals surface area contributed by atoms with Crippen LogP contribution < -0.4 is 5.73 Å². The van der Waals surface area contributed by atoms with Crippen molar-refractivity contribution >= 4 is 11.6 Å². The van der Waals surface area contributed by atoms with Crippen molar-refractivity contribution in [2.24, 2.45) is 5.92 Å². The molecule has 2 N–H and O–H groups in total. The first-order valence-corrected chi connectivity index (χ1v) is 8.25. The minimum atomic E-state index is 0.174. The number of carbonyl (C=O) groups excluding carboxylic acids is 1. The molecular weight excluding hydrogens is 260 g/mol. The van der Waals surface area contributed by atoms with E-state index in [0.29, 0.717) is 12.5 Å². The van der Waals surface area contributed by atoms with E-state index in [4.69, 9.17) is 5.73 Å². The van der Waals surface area contributed by atoms with Gasteiger partial charge in [0.1, 0.15) is 0 Å². The first-order valence-electron chi connectivity index (χ1n) is 8.25. The maximum Gasteiger partial charge on any atom is 0.225 e. The van der Waals surface area contributed by atoms with Crippen LogP contribution >= 0.6 is 0 Å². The highest BCUT2D eigenvalue weighted by atomic mass is 16.2. The van der Waals surface area contributed by atoms with Crippen LogP contribution in [0.15, 0.2) is 24.3 Å². The van der Waals surface area contributed by atoms with Gasteiger partial charge in [0.2, 0.25) is 5.91 Å². The van der Waals surface area contributed by atoms with Crippen molar-refractivity contribution in [3.8, 4) is 0 Å². The molecule has 3 heteroatoms. The van der Waals surface area contributed by atoms with Gasteiger partial charge in [0.05, 0.1) is 0 Å². The molecule has 1 aromatic carbocycles. The zero-order chi connectivity index (χ0) is 15.7. The number of nitrogen functional groups attached to an aromatic ring is 1. The third kappa shape index (κ3) is 5.78. The van der Waals surface area contributed by atoms with E-state index in [1.807, 2.05) is 29.2 Å². The fourth-order valence-corrected chi connectivity index (χ4v) is 2.80. The van der Waals surface area contributed by atoms with Crippen molar-refractivity contribution in [2.75, 3.05) is 12.3 Å². The van der Waals surface area contributed by atoms with Gasteiger partial charge in [0.25, 0.3) is 0 Å². The zero-order valence-corrected chi connectivity index (χ0v) is 13.8. The number of amides is 1. The summed E-state index contributed by atoms with van der Waals surface area (Å²) in [7, 11) is 0. The summed E-state index contributed by atoms with van der Waals surface area (Å²) in [5.41, 5.74) is 7.71. The number of hydrogen-bond donors (Lipinski definition) is 1. The number of nitrogens with two attached hydrogens (primary N) is 1. The van der Waals surface area contributed by atoms with Crippen LogP contribution in [0.4, 0.5) is 5.69 Å². The molecule has 0 radical (unpaired) electrons. The van der Waals surface area contributed by atoms with Gasteiger partial charge in [-0.15, -0.1) is 0 Å². The van der Waals surface area contributed by atoms with E-state index in [2.05, 4.69) is 20.8 Å². The SMILES string of the molecule is CCCC(CCC)C(=O)N(CCC)Cc1cccc(N)c1. The Morgan fingerprint density at radius 2 is 1.81 bits per heavy atom. The molecule has 0 aliphatic rings. The number of anilines is 1. The Labute approximate surface area is 129 Å². The van der Waals surface area contributed by atoms with E-state index in [-0.39, 0.29) is 5.92 Å². The van der Waals surface area contributed by atoms with Gasteiger partial charge in [0.15, 0.2) is 0 Å². The van der Waals surface area contributed by atoms with Crippen molar-refractivity contribution in [3.05, 3.63) is 29.8 Å². The van der Waals surface area contributed by atoms with E-state index < -0.39 is 0 Å². The predicted molar refractivity (Wildman–Crippen MR) is 89.9 cm³/mol. The standard InChI is InChI=1S/C18H30N2O/c1-4-8-16(9-5-2)18(21)20(12-6-3)14-15-10-7-11-17(19)13-15/h7,10-11,13,16H,4-6,8-9,12,14,19H2,1-3H3. The lowest BCUT2D eigenvalue weighted by molar-refractivity contribution is -0.136. The topological polar surface area (TPSA) is 46.3 Å². The minimum absolute atomic E-state index is 0.174. The van der Waals surface area contributed by atoms with Crippen LogP contribution in [-0.2, 0) is 11.3 Å². The van der Waals surface area contributed by atoms with Crippen molar-refractivity contribution in [1.29, 1.82) is 0 Å². The largest absolute Gasteiger partial charge is 0.399 e. The molecule has 0 unspecified atom stereocenters. The Hall–Kier alpha value is -1.51. The van der Waals surface area contributed by atoms with Crippen LogP contribution in [0, 0.1) is 5.92 Å². The zero-order valence-electron chi connectivity index (χ0n) is 13.8. The lowest BCUT2D eigenvalue weighted by Gasteiger charge is -2.27. The highest BCUT2D eigenvalue weighted by Crippen LogP contribution is 2.19. The van der Waals surface area contributed by atoms with Crippen LogP contribution in [0.2, 0.25) is 0 Å². The Morgan fingerprint density at radius 1 is 1.14 bits per heavy atom. The summed E-state index contributed by atoms with van der Waals surface area (Å²) in [4.78, 5) is 14.8. The molecule has 0 spiro atoms. The lowest BCUT2D eigenvalue weighted by Crippen LogP contribution is -2.36. The van der Waals surface area contributed by atoms with Gasteiger partial charge in [-0.1, -0.05) is 45.7 Å². The summed E-state index contributed by atoms with van der Waals surface area (Å²) in [5.74, 6) is 0.482. The van der Waals surface area contributed by atoms with E-state index in [0.717, 1.165) is 49.9 Å². The van der Waals surface area contributed by atoms with Gasteiger partial charge < -0.3 is 10.6 Å². The quantitative estimate of drug-likeness (QED) is 0.692.